The molecule has 0 bridgehead atoms. The molecule has 4 heterocycles. The first-order chi connectivity index (χ1) is 23.0. The fourth-order valence-electron chi connectivity index (χ4n) is 6.13. The average molecular weight is 682 g/mol. The molecule has 2 aliphatic heterocycles. The Bertz CT molecular complexity index is 1710. The SMILES string of the molecule is CCc1noc(N2CCC([C@H](C)CCOc3cnc(N4C[C@H](c5ccccc5F)[C@@H](N)C4)nc3)CC2)n1.Cc1ccc(S(=O)(=O)O)cc1. The minimum atomic E-state index is -4.02. The van der Waals surface area contributed by atoms with Gasteiger partial charge < -0.3 is 24.8 Å². The highest BCUT2D eigenvalue weighted by molar-refractivity contribution is 7.85. The minimum Gasteiger partial charge on any atom is -0.490 e. The van der Waals surface area contributed by atoms with Gasteiger partial charge in [0.15, 0.2) is 11.6 Å². The van der Waals surface area contributed by atoms with Crippen LogP contribution < -0.4 is 20.3 Å². The highest BCUT2D eigenvalue weighted by atomic mass is 32.2. The smallest absolute Gasteiger partial charge is 0.324 e. The van der Waals surface area contributed by atoms with Crippen molar-refractivity contribution in [2.75, 3.05) is 42.6 Å². The second-order valence-electron chi connectivity index (χ2n) is 12.5. The third-order valence-electron chi connectivity index (χ3n) is 9.12. The predicted octanol–water partition coefficient (Wildman–Crippen LogP) is 5.06. The Morgan fingerprint density at radius 1 is 1.06 bits per heavy atom. The van der Waals surface area contributed by atoms with Crippen LogP contribution in [0.3, 0.4) is 0 Å². The molecular formula is C34H44FN7O5S. The quantitative estimate of drug-likeness (QED) is 0.215. The van der Waals surface area contributed by atoms with Crippen LogP contribution in [0.4, 0.5) is 16.4 Å². The lowest BCUT2D eigenvalue weighted by molar-refractivity contribution is 0.219. The molecule has 0 unspecified atom stereocenters. The maximum absolute atomic E-state index is 14.3. The number of nitrogens with two attached hydrogens (primary N) is 1. The number of anilines is 2. The summed E-state index contributed by atoms with van der Waals surface area (Å²) < 4.78 is 55.2. The number of halogens is 1. The van der Waals surface area contributed by atoms with Crippen LogP contribution in [0.25, 0.3) is 0 Å². The summed E-state index contributed by atoms with van der Waals surface area (Å²) in [5.74, 6) is 2.90. The van der Waals surface area contributed by atoms with Gasteiger partial charge in [-0.3, -0.25) is 4.55 Å². The van der Waals surface area contributed by atoms with E-state index in [-0.39, 0.29) is 22.7 Å². The zero-order valence-corrected chi connectivity index (χ0v) is 28.4. The summed E-state index contributed by atoms with van der Waals surface area (Å²) in [5, 5.41) is 4.01. The average Bonchev–Trinajstić information content (AvgIpc) is 3.72. The van der Waals surface area contributed by atoms with Crippen molar-refractivity contribution >= 4 is 22.1 Å². The lowest BCUT2D eigenvalue weighted by Crippen LogP contribution is -2.36. The molecule has 0 saturated carbocycles. The summed E-state index contributed by atoms with van der Waals surface area (Å²) in [5.41, 5.74) is 7.94. The van der Waals surface area contributed by atoms with E-state index >= 15 is 0 Å². The number of aromatic nitrogens is 4. The van der Waals surface area contributed by atoms with Gasteiger partial charge in [0.05, 0.1) is 23.9 Å². The van der Waals surface area contributed by atoms with Gasteiger partial charge in [-0.05, 0) is 61.8 Å². The maximum atomic E-state index is 14.3. The molecule has 4 aromatic rings. The second-order valence-corrected chi connectivity index (χ2v) is 13.9. The lowest BCUT2D eigenvalue weighted by Gasteiger charge is -2.33. The number of piperidine rings is 1. The molecular weight excluding hydrogens is 637 g/mol. The maximum Gasteiger partial charge on any atom is 0.324 e. The number of nitrogens with zero attached hydrogens (tertiary/aromatic N) is 6. The Morgan fingerprint density at radius 2 is 1.75 bits per heavy atom. The molecule has 258 valence electrons. The molecule has 0 radical (unpaired) electrons. The Hall–Kier alpha value is -4.14. The van der Waals surface area contributed by atoms with E-state index in [4.69, 9.17) is 19.5 Å². The van der Waals surface area contributed by atoms with Gasteiger partial charge in [0, 0.05) is 44.6 Å². The van der Waals surface area contributed by atoms with Gasteiger partial charge in [-0.2, -0.15) is 13.4 Å². The highest BCUT2D eigenvalue weighted by Gasteiger charge is 2.34. The zero-order chi connectivity index (χ0) is 34.3. The molecule has 2 fully saturated rings. The van der Waals surface area contributed by atoms with Crippen LogP contribution in [0.15, 0.2) is 70.3 Å². The van der Waals surface area contributed by atoms with Gasteiger partial charge in [0.1, 0.15) is 5.82 Å². The van der Waals surface area contributed by atoms with Crippen molar-refractivity contribution in [3.63, 3.8) is 0 Å². The molecule has 0 aliphatic carbocycles. The van der Waals surface area contributed by atoms with Crippen LogP contribution in [0.2, 0.25) is 0 Å². The van der Waals surface area contributed by atoms with Gasteiger partial charge >= 0.3 is 6.01 Å². The van der Waals surface area contributed by atoms with E-state index in [0.29, 0.717) is 54.8 Å². The fraction of sp³-hybridized carbons (Fsp3) is 0.471. The van der Waals surface area contributed by atoms with E-state index in [1.807, 2.05) is 24.8 Å². The van der Waals surface area contributed by atoms with E-state index in [0.717, 1.165) is 50.2 Å². The molecule has 12 nitrogen and oxygen atoms in total. The molecule has 2 aromatic carbocycles. The van der Waals surface area contributed by atoms with Gasteiger partial charge in [0.25, 0.3) is 10.1 Å². The molecule has 0 spiro atoms. The molecule has 48 heavy (non-hydrogen) atoms. The van der Waals surface area contributed by atoms with Crippen LogP contribution in [0.1, 0.15) is 56.0 Å². The summed E-state index contributed by atoms with van der Waals surface area (Å²) in [7, 11) is -4.02. The summed E-state index contributed by atoms with van der Waals surface area (Å²) >= 11 is 0. The molecule has 2 aliphatic rings. The Balaban J connectivity index is 0.000000349. The lowest BCUT2D eigenvalue weighted by atomic mass is 9.84. The minimum absolute atomic E-state index is 0.0666. The van der Waals surface area contributed by atoms with Crippen molar-refractivity contribution in [1.29, 1.82) is 0 Å². The Labute approximate surface area is 281 Å². The number of aryl methyl sites for hydroxylation is 2. The third kappa shape index (κ3) is 9.05. The topological polar surface area (TPSA) is 161 Å². The van der Waals surface area contributed by atoms with Crippen molar-refractivity contribution in [1.82, 2.24) is 20.1 Å². The molecule has 6 rings (SSSR count). The fourth-order valence-corrected chi connectivity index (χ4v) is 6.61. The highest BCUT2D eigenvalue weighted by Crippen LogP contribution is 2.31. The van der Waals surface area contributed by atoms with Gasteiger partial charge in [-0.1, -0.05) is 54.9 Å². The molecule has 2 aromatic heterocycles. The molecule has 3 atom stereocenters. The first-order valence-electron chi connectivity index (χ1n) is 16.3. The van der Waals surface area contributed by atoms with Crippen molar-refractivity contribution < 1.29 is 26.6 Å². The number of hydrogen-bond acceptors (Lipinski definition) is 11. The number of hydrogen-bond donors (Lipinski definition) is 2. The third-order valence-corrected chi connectivity index (χ3v) is 9.98. The second kappa shape index (κ2) is 15.8. The summed E-state index contributed by atoms with van der Waals surface area (Å²) in [6, 6.07) is 13.3. The van der Waals surface area contributed by atoms with Crippen LogP contribution in [0, 0.1) is 24.6 Å². The summed E-state index contributed by atoms with van der Waals surface area (Å²) in [6.07, 6.45) is 7.39. The van der Waals surface area contributed by atoms with Gasteiger partial charge in [-0.15, -0.1) is 0 Å². The van der Waals surface area contributed by atoms with Crippen molar-refractivity contribution in [3.8, 4) is 5.75 Å². The Morgan fingerprint density at radius 3 is 2.38 bits per heavy atom. The zero-order valence-electron chi connectivity index (χ0n) is 27.6. The first kappa shape index (κ1) is 35.2. The number of benzene rings is 2. The normalized spacial score (nSPS) is 19.1. The standard InChI is InChI=1S/C27H36FN7O2.C7H8O3S/c1-3-25-32-27(37-33-25)34-11-8-19(9-12-34)18(2)10-13-36-20-14-30-26(31-15-20)35-16-22(24(29)17-35)21-6-4-5-7-23(21)28;1-6-2-4-7(5-3-6)11(8,9)10/h4-7,14-15,18-19,22,24H,3,8-13,16-17,29H2,1-2H3;2-5H,1H3,(H,8,9,10)/t18-,22-,24+;/m1./s1. The predicted molar refractivity (Wildman–Crippen MR) is 180 cm³/mol. The van der Waals surface area contributed by atoms with Crippen molar-refractivity contribution in [2.24, 2.45) is 17.6 Å². The van der Waals surface area contributed by atoms with Gasteiger partial charge in [-0.25, -0.2) is 14.4 Å². The summed E-state index contributed by atoms with van der Waals surface area (Å²) in [6.45, 7) is 9.84. The monoisotopic (exact) mass is 681 g/mol. The largest absolute Gasteiger partial charge is 0.490 e. The summed E-state index contributed by atoms with van der Waals surface area (Å²) in [4.78, 5) is 17.6. The molecule has 2 saturated heterocycles. The van der Waals surface area contributed by atoms with E-state index < -0.39 is 10.1 Å². The van der Waals surface area contributed by atoms with Crippen LogP contribution in [0.5, 0.6) is 5.75 Å². The van der Waals surface area contributed by atoms with Crippen molar-refractivity contribution in [2.45, 2.75) is 63.3 Å². The number of ether oxygens (including phenoxy) is 1. The van der Waals surface area contributed by atoms with Crippen LogP contribution >= 0.6 is 0 Å². The van der Waals surface area contributed by atoms with Crippen molar-refractivity contribution in [3.05, 3.63) is 83.7 Å². The van der Waals surface area contributed by atoms with E-state index in [9.17, 15) is 12.8 Å². The molecule has 3 N–H and O–H groups in total. The van der Waals surface area contributed by atoms with Gasteiger partial charge in [0.2, 0.25) is 5.95 Å². The number of rotatable bonds is 10. The van der Waals surface area contributed by atoms with Crippen LogP contribution in [-0.2, 0) is 16.5 Å². The Kier molecular flexibility index (Phi) is 11.6. The van der Waals surface area contributed by atoms with Crippen LogP contribution in [-0.4, -0.2) is 71.9 Å². The molecule has 14 heteroatoms. The van der Waals surface area contributed by atoms with E-state index in [1.54, 1.807) is 36.7 Å². The molecule has 0 amide bonds. The first-order valence-corrected chi connectivity index (χ1v) is 17.8. The van der Waals surface area contributed by atoms with E-state index in [2.05, 4.69) is 31.9 Å². The van der Waals surface area contributed by atoms with E-state index in [1.165, 1.54) is 18.2 Å².